The lowest BCUT2D eigenvalue weighted by atomic mass is 10.3. The second kappa shape index (κ2) is 5.54. The van der Waals surface area contributed by atoms with E-state index < -0.39 is 0 Å². The molecule has 1 unspecified atom stereocenters. The van der Waals surface area contributed by atoms with Gasteiger partial charge in [0.05, 0.1) is 5.03 Å². The maximum atomic E-state index is 4.12. The van der Waals surface area contributed by atoms with E-state index in [0.29, 0.717) is 5.92 Å². The van der Waals surface area contributed by atoms with E-state index in [1.165, 1.54) is 0 Å². The smallest absolute Gasteiger partial charge is 0.116 e. The van der Waals surface area contributed by atoms with Crippen molar-refractivity contribution in [1.29, 1.82) is 0 Å². The van der Waals surface area contributed by atoms with E-state index in [-0.39, 0.29) is 0 Å². The molecule has 0 fully saturated rings. The molecule has 1 aromatic rings. The van der Waals surface area contributed by atoms with E-state index in [4.69, 9.17) is 0 Å². The largest absolute Gasteiger partial charge is 0.245 e. The Balaban J connectivity index is 2.33. The van der Waals surface area contributed by atoms with Gasteiger partial charge in [0.15, 0.2) is 0 Å². The molecule has 1 heterocycles. The van der Waals surface area contributed by atoms with Crippen LogP contribution in [0.3, 0.4) is 0 Å². The molecule has 0 aliphatic rings. The van der Waals surface area contributed by atoms with Crippen molar-refractivity contribution in [2.24, 2.45) is 5.92 Å². The van der Waals surface area contributed by atoms with Crippen LogP contribution < -0.4 is 0 Å². The number of thioether (sulfide) groups is 1. The average Bonchev–Trinajstić information content (AvgIpc) is 2.16. The Morgan fingerprint density at radius 2 is 2.50 bits per heavy atom. The van der Waals surface area contributed by atoms with Crippen LogP contribution in [0.4, 0.5) is 0 Å². The molecule has 1 atom stereocenters. The molecule has 0 amide bonds. The molecule has 66 valence electrons. The van der Waals surface area contributed by atoms with Crippen molar-refractivity contribution in [2.75, 3.05) is 11.1 Å². The summed E-state index contributed by atoms with van der Waals surface area (Å²) in [5.41, 5.74) is 0. The van der Waals surface area contributed by atoms with E-state index in [0.717, 1.165) is 16.1 Å². The maximum Gasteiger partial charge on any atom is 0.116 e. The Morgan fingerprint density at radius 3 is 3.08 bits per heavy atom. The molecule has 0 spiro atoms. The highest BCUT2D eigenvalue weighted by Gasteiger charge is 2.00. The molecule has 0 saturated heterocycles. The van der Waals surface area contributed by atoms with Crippen molar-refractivity contribution in [3.05, 3.63) is 18.6 Å². The predicted octanol–water partition coefficient (Wildman–Crippen LogP) is 2.60. The zero-order valence-corrected chi connectivity index (χ0v) is 9.31. The third-order valence-electron chi connectivity index (χ3n) is 1.33. The van der Waals surface area contributed by atoms with E-state index >= 15 is 0 Å². The summed E-state index contributed by atoms with van der Waals surface area (Å²) in [6.45, 7) is 2.21. The molecule has 12 heavy (non-hydrogen) atoms. The van der Waals surface area contributed by atoms with Crippen LogP contribution >= 0.6 is 27.7 Å². The van der Waals surface area contributed by atoms with Crippen molar-refractivity contribution in [2.45, 2.75) is 11.9 Å². The number of nitrogens with zero attached hydrogens (tertiary/aromatic N) is 2. The first-order valence-electron chi connectivity index (χ1n) is 3.77. The Hall–Kier alpha value is -0.0900. The van der Waals surface area contributed by atoms with Gasteiger partial charge in [-0.25, -0.2) is 9.97 Å². The molecule has 0 bridgehead atoms. The van der Waals surface area contributed by atoms with Crippen molar-refractivity contribution in [1.82, 2.24) is 9.97 Å². The van der Waals surface area contributed by atoms with Gasteiger partial charge in [0.2, 0.25) is 0 Å². The highest BCUT2D eigenvalue weighted by molar-refractivity contribution is 9.09. The number of rotatable bonds is 4. The minimum absolute atomic E-state index is 0.685. The number of halogens is 1. The first-order chi connectivity index (χ1) is 5.83. The topological polar surface area (TPSA) is 25.8 Å². The van der Waals surface area contributed by atoms with Crippen LogP contribution in [0.1, 0.15) is 6.92 Å². The van der Waals surface area contributed by atoms with Gasteiger partial charge < -0.3 is 0 Å². The molecule has 0 aromatic carbocycles. The van der Waals surface area contributed by atoms with E-state index in [2.05, 4.69) is 32.8 Å². The minimum atomic E-state index is 0.685. The number of hydrogen-bond acceptors (Lipinski definition) is 3. The van der Waals surface area contributed by atoms with Gasteiger partial charge in [-0.3, -0.25) is 0 Å². The molecule has 1 rings (SSSR count). The summed E-state index contributed by atoms with van der Waals surface area (Å²) in [5.74, 6) is 1.78. The molecule has 0 radical (unpaired) electrons. The molecule has 0 aliphatic carbocycles. The minimum Gasteiger partial charge on any atom is -0.245 e. The van der Waals surface area contributed by atoms with Crippen molar-refractivity contribution in [3.63, 3.8) is 0 Å². The van der Waals surface area contributed by atoms with Crippen LogP contribution in [0.25, 0.3) is 0 Å². The highest BCUT2D eigenvalue weighted by atomic mass is 79.9. The molecule has 0 N–H and O–H groups in total. The standard InChI is InChI=1S/C8H11BrN2S/c1-7(4-9)5-12-8-2-3-10-6-11-8/h2-3,6-7H,4-5H2,1H3. The normalized spacial score (nSPS) is 12.8. The van der Waals surface area contributed by atoms with Crippen molar-refractivity contribution >= 4 is 27.7 Å². The Bertz CT molecular complexity index is 218. The zero-order valence-electron chi connectivity index (χ0n) is 6.90. The highest BCUT2D eigenvalue weighted by Crippen LogP contribution is 2.17. The molecule has 4 heteroatoms. The van der Waals surface area contributed by atoms with Gasteiger partial charge in [0, 0.05) is 17.3 Å². The first kappa shape index (κ1) is 9.99. The number of hydrogen-bond donors (Lipinski definition) is 0. The molecular weight excluding hydrogens is 236 g/mol. The second-order valence-corrected chi connectivity index (χ2v) is 4.31. The van der Waals surface area contributed by atoms with E-state index in [1.54, 1.807) is 24.3 Å². The number of aromatic nitrogens is 2. The van der Waals surface area contributed by atoms with E-state index in [1.807, 2.05) is 6.07 Å². The van der Waals surface area contributed by atoms with Gasteiger partial charge in [-0.1, -0.05) is 22.9 Å². The van der Waals surface area contributed by atoms with Crippen molar-refractivity contribution < 1.29 is 0 Å². The van der Waals surface area contributed by atoms with Crippen LogP contribution in [0.2, 0.25) is 0 Å². The monoisotopic (exact) mass is 246 g/mol. The van der Waals surface area contributed by atoms with Crippen LogP contribution in [-0.2, 0) is 0 Å². The van der Waals surface area contributed by atoms with Gasteiger partial charge >= 0.3 is 0 Å². The SMILES string of the molecule is CC(CBr)CSc1ccncn1. The van der Waals surface area contributed by atoms with Crippen LogP contribution in [0.5, 0.6) is 0 Å². The average molecular weight is 247 g/mol. The fourth-order valence-electron chi connectivity index (χ4n) is 0.636. The lowest BCUT2D eigenvalue weighted by molar-refractivity contribution is 0.769. The summed E-state index contributed by atoms with van der Waals surface area (Å²) in [6, 6.07) is 1.94. The Kier molecular flexibility index (Phi) is 4.61. The van der Waals surface area contributed by atoms with Gasteiger partial charge in [-0.05, 0) is 12.0 Å². The summed E-state index contributed by atoms with van der Waals surface area (Å²) >= 11 is 5.21. The molecule has 1 aromatic heterocycles. The van der Waals surface area contributed by atoms with Gasteiger partial charge in [0.1, 0.15) is 6.33 Å². The third kappa shape index (κ3) is 3.54. The predicted molar refractivity (Wildman–Crippen MR) is 55.7 cm³/mol. The lowest BCUT2D eigenvalue weighted by Gasteiger charge is -2.04. The molecule has 2 nitrogen and oxygen atoms in total. The number of alkyl halides is 1. The molecular formula is C8H11BrN2S. The van der Waals surface area contributed by atoms with Crippen LogP contribution in [0, 0.1) is 5.92 Å². The summed E-state index contributed by atoms with van der Waals surface area (Å²) in [6.07, 6.45) is 3.36. The fraction of sp³-hybridized carbons (Fsp3) is 0.500. The first-order valence-corrected chi connectivity index (χ1v) is 5.88. The van der Waals surface area contributed by atoms with Gasteiger partial charge in [0.25, 0.3) is 0 Å². The third-order valence-corrected chi connectivity index (χ3v) is 3.71. The van der Waals surface area contributed by atoms with E-state index in [9.17, 15) is 0 Å². The fourth-order valence-corrected chi connectivity index (χ4v) is 2.02. The second-order valence-electron chi connectivity index (χ2n) is 2.62. The van der Waals surface area contributed by atoms with Crippen LogP contribution in [0.15, 0.2) is 23.6 Å². The molecule has 0 aliphatic heterocycles. The maximum absolute atomic E-state index is 4.12. The van der Waals surface area contributed by atoms with Crippen LogP contribution in [-0.4, -0.2) is 21.1 Å². The van der Waals surface area contributed by atoms with Crippen molar-refractivity contribution in [3.8, 4) is 0 Å². The van der Waals surface area contributed by atoms with Gasteiger partial charge in [-0.15, -0.1) is 11.8 Å². The summed E-state index contributed by atoms with van der Waals surface area (Å²) in [5, 5.41) is 2.10. The Labute approximate surface area is 85.3 Å². The summed E-state index contributed by atoms with van der Waals surface area (Å²) < 4.78 is 0. The zero-order chi connectivity index (χ0) is 8.81. The Morgan fingerprint density at radius 1 is 1.67 bits per heavy atom. The quantitative estimate of drug-likeness (QED) is 0.464. The summed E-state index contributed by atoms with van der Waals surface area (Å²) in [4.78, 5) is 7.98. The lowest BCUT2D eigenvalue weighted by Crippen LogP contribution is -1.98. The van der Waals surface area contributed by atoms with Gasteiger partial charge in [-0.2, -0.15) is 0 Å². The molecule has 0 saturated carbocycles. The summed E-state index contributed by atoms with van der Waals surface area (Å²) in [7, 11) is 0.